The Bertz CT molecular complexity index is 588. The summed E-state index contributed by atoms with van der Waals surface area (Å²) in [4.78, 5) is 7.03. The van der Waals surface area contributed by atoms with Crippen molar-refractivity contribution in [1.82, 2.24) is 15.2 Å². The molecule has 3 rings (SSSR count). The lowest BCUT2D eigenvalue weighted by atomic mass is 10.1. The van der Waals surface area contributed by atoms with E-state index in [1.54, 1.807) is 0 Å². The zero-order valence-electron chi connectivity index (χ0n) is 11.4. The first-order chi connectivity index (χ1) is 9.24. The second-order valence-corrected chi connectivity index (χ2v) is 5.11. The average Bonchev–Trinajstić information content (AvgIpc) is 2.93. The molecule has 0 radical (unpaired) electrons. The Balaban J connectivity index is 2.01. The van der Waals surface area contributed by atoms with Crippen LogP contribution in [-0.2, 0) is 0 Å². The van der Waals surface area contributed by atoms with Crippen LogP contribution in [0.5, 0.6) is 0 Å². The van der Waals surface area contributed by atoms with E-state index in [1.165, 1.54) is 18.4 Å². The van der Waals surface area contributed by atoms with Crippen LogP contribution in [0.15, 0.2) is 24.3 Å². The van der Waals surface area contributed by atoms with E-state index >= 15 is 0 Å². The largest absolute Gasteiger partial charge is 0.355 e. The molecular weight excluding hydrogens is 236 g/mol. The molecule has 19 heavy (non-hydrogen) atoms. The van der Waals surface area contributed by atoms with Gasteiger partial charge in [-0.05, 0) is 32.8 Å². The van der Waals surface area contributed by atoms with Gasteiger partial charge in [-0.1, -0.05) is 23.8 Å². The Morgan fingerprint density at radius 2 is 1.84 bits per heavy atom. The number of hydrogen-bond acceptors (Lipinski definition) is 4. The number of benzene rings is 1. The molecule has 4 nitrogen and oxygen atoms in total. The van der Waals surface area contributed by atoms with E-state index in [0.717, 1.165) is 36.0 Å². The van der Waals surface area contributed by atoms with E-state index in [0.29, 0.717) is 0 Å². The summed E-state index contributed by atoms with van der Waals surface area (Å²) in [6, 6.07) is 8.24. The van der Waals surface area contributed by atoms with Crippen molar-refractivity contribution in [3.8, 4) is 11.4 Å². The van der Waals surface area contributed by atoms with Crippen LogP contribution >= 0.6 is 0 Å². The second kappa shape index (κ2) is 4.96. The molecule has 1 aromatic carbocycles. The maximum atomic E-state index is 4.72. The molecule has 4 heteroatoms. The van der Waals surface area contributed by atoms with Gasteiger partial charge in [-0.3, -0.25) is 0 Å². The highest BCUT2D eigenvalue weighted by Gasteiger charge is 2.18. The molecule has 98 valence electrons. The number of anilines is 1. The minimum absolute atomic E-state index is 0.719. The summed E-state index contributed by atoms with van der Waals surface area (Å²) in [5.74, 6) is 1.71. The van der Waals surface area contributed by atoms with Gasteiger partial charge in [-0.2, -0.15) is 0 Å². The summed E-state index contributed by atoms with van der Waals surface area (Å²) in [7, 11) is 0. The third-order valence-corrected chi connectivity index (χ3v) is 3.51. The molecule has 0 aliphatic carbocycles. The predicted molar refractivity (Wildman–Crippen MR) is 76.2 cm³/mol. The monoisotopic (exact) mass is 254 g/mol. The van der Waals surface area contributed by atoms with Crippen molar-refractivity contribution in [3.63, 3.8) is 0 Å². The molecule has 1 aromatic heterocycles. The van der Waals surface area contributed by atoms with E-state index in [9.17, 15) is 0 Å². The van der Waals surface area contributed by atoms with Crippen LogP contribution in [0.4, 0.5) is 5.82 Å². The normalized spacial score (nSPS) is 14.9. The van der Waals surface area contributed by atoms with Gasteiger partial charge in [0.1, 0.15) is 5.69 Å². The maximum Gasteiger partial charge on any atom is 0.183 e. The number of nitrogens with zero attached hydrogens (tertiary/aromatic N) is 4. The Labute approximate surface area is 113 Å². The van der Waals surface area contributed by atoms with E-state index < -0.39 is 0 Å². The molecule has 0 unspecified atom stereocenters. The molecule has 2 aromatic rings. The number of rotatable bonds is 2. The lowest BCUT2D eigenvalue weighted by Crippen LogP contribution is -2.21. The number of hydrogen-bond donors (Lipinski definition) is 0. The van der Waals surface area contributed by atoms with Crippen molar-refractivity contribution in [1.29, 1.82) is 0 Å². The molecule has 1 fully saturated rings. The standard InChI is InChI=1S/C15H18N4/c1-11-6-5-7-13(10-11)14-16-15(12(2)17-18-14)19-8-3-4-9-19/h5-7,10H,3-4,8-9H2,1-2H3. The van der Waals surface area contributed by atoms with Crippen molar-refractivity contribution >= 4 is 5.82 Å². The van der Waals surface area contributed by atoms with Crippen LogP contribution in [-0.4, -0.2) is 28.3 Å². The molecule has 0 atom stereocenters. The zero-order chi connectivity index (χ0) is 13.2. The van der Waals surface area contributed by atoms with Crippen LogP contribution < -0.4 is 4.90 Å². The summed E-state index contributed by atoms with van der Waals surface area (Å²) < 4.78 is 0. The van der Waals surface area contributed by atoms with Crippen LogP contribution in [0.25, 0.3) is 11.4 Å². The summed E-state index contributed by atoms with van der Waals surface area (Å²) in [6.45, 7) is 6.21. The van der Waals surface area contributed by atoms with Crippen molar-refractivity contribution in [3.05, 3.63) is 35.5 Å². The SMILES string of the molecule is Cc1cccc(-c2nnc(C)c(N3CCCC3)n2)c1. The highest BCUT2D eigenvalue weighted by atomic mass is 15.3. The summed E-state index contributed by atoms with van der Waals surface area (Å²) in [5.41, 5.74) is 3.16. The van der Waals surface area contributed by atoms with E-state index in [1.807, 2.05) is 19.1 Å². The summed E-state index contributed by atoms with van der Waals surface area (Å²) in [6.07, 6.45) is 2.48. The first-order valence-electron chi connectivity index (χ1n) is 6.77. The Hall–Kier alpha value is -1.97. The van der Waals surface area contributed by atoms with Gasteiger partial charge >= 0.3 is 0 Å². The van der Waals surface area contributed by atoms with E-state index in [2.05, 4.69) is 34.2 Å². The van der Waals surface area contributed by atoms with Gasteiger partial charge in [0.25, 0.3) is 0 Å². The second-order valence-electron chi connectivity index (χ2n) is 5.11. The zero-order valence-corrected chi connectivity index (χ0v) is 11.4. The van der Waals surface area contributed by atoms with Gasteiger partial charge in [0.15, 0.2) is 11.6 Å². The Morgan fingerprint density at radius 3 is 2.58 bits per heavy atom. The van der Waals surface area contributed by atoms with Crippen molar-refractivity contribution in [2.45, 2.75) is 26.7 Å². The fourth-order valence-electron chi connectivity index (χ4n) is 2.51. The minimum Gasteiger partial charge on any atom is -0.355 e. The van der Waals surface area contributed by atoms with Gasteiger partial charge in [-0.25, -0.2) is 4.98 Å². The van der Waals surface area contributed by atoms with E-state index in [-0.39, 0.29) is 0 Å². The molecule has 0 amide bonds. The smallest absolute Gasteiger partial charge is 0.183 e. The third-order valence-electron chi connectivity index (χ3n) is 3.51. The predicted octanol–water partition coefficient (Wildman–Crippen LogP) is 2.76. The van der Waals surface area contributed by atoms with E-state index in [4.69, 9.17) is 4.98 Å². The molecule has 1 aliphatic heterocycles. The molecular formula is C15H18N4. The Morgan fingerprint density at radius 1 is 1.05 bits per heavy atom. The topological polar surface area (TPSA) is 41.9 Å². The maximum absolute atomic E-state index is 4.72. The van der Waals surface area contributed by atoms with Crippen LogP contribution in [0.1, 0.15) is 24.1 Å². The molecule has 1 aliphatic rings. The highest BCUT2D eigenvalue weighted by Crippen LogP contribution is 2.23. The molecule has 0 spiro atoms. The molecule has 0 saturated carbocycles. The molecule has 1 saturated heterocycles. The lowest BCUT2D eigenvalue weighted by molar-refractivity contribution is 0.864. The molecule has 0 bridgehead atoms. The first-order valence-corrected chi connectivity index (χ1v) is 6.77. The minimum atomic E-state index is 0.719. The number of aryl methyl sites for hydroxylation is 2. The van der Waals surface area contributed by atoms with Crippen LogP contribution in [0.3, 0.4) is 0 Å². The van der Waals surface area contributed by atoms with Crippen molar-refractivity contribution < 1.29 is 0 Å². The van der Waals surface area contributed by atoms with Gasteiger partial charge < -0.3 is 4.90 Å². The van der Waals surface area contributed by atoms with Gasteiger partial charge in [-0.15, -0.1) is 10.2 Å². The quantitative estimate of drug-likeness (QED) is 0.826. The van der Waals surface area contributed by atoms with Crippen LogP contribution in [0.2, 0.25) is 0 Å². The van der Waals surface area contributed by atoms with Gasteiger partial charge in [0.2, 0.25) is 0 Å². The summed E-state index contributed by atoms with van der Waals surface area (Å²) >= 11 is 0. The van der Waals surface area contributed by atoms with Crippen molar-refractivity contribution in [2.75, 3.05) is 18.0 Å². The first kappa shape index (κ1) is 12.1. The third kappa shape index (κ3) is 2.43. The average molecular weight is 254 g/mol. The molecule has 0 N–H and O–H groups in total. The Kier molecular flexibility index (Phi) is 3.15. The van der Waals surface area contributed by atoms with Crippen molar-refractivity contribution in [2.24, 2.45) is 0 Å². The van der Waals surface area contributed by atoms with Gasteiger partial charge in [0.05, 0.1) is 0 Å². The number of aromatic nitrogens is 3. The lowest BCUT2D eigenvalue weighted by Gasteiger charge is -2.18. The van der Waals surface area contributed by atoms with Gasteiger partial charge in [0, 0.05) is 18.7 Å². The fraction of sp³-hybridized carbons (Fsp3) is 0.400. The summed E-state index contributed by atoms with van der Waals surface area (Å²) in [5, 5.41) is 8.51. The highest BCUT2D eigenvalue weighted by molar-refractivity contribution is 5.58. The fourth-order valence-corrected chi connectivity index (χ4v) is 2.51. The molecule has 2 heterocycles. The van der Waals surface area contributed by atoms with Crippen LogP contribution in [0, 0.1) is 13.8 Å².